The average Bonchev–Trinajstić information content (AvgIpc) is 3.92. The van der Waals surface area contributed by atoms with Gasteiger partial charge in [-0.1, -0.05) is 12.1 Å². The molecule has 6 aromatic rings. The number of thioether (sulfide) groups is 2. The number of piperidine rings is 2. The normalized spacial score (nSPS) is 18.3. The Hall–Kier alpha value is -3.91. The van der Waals surface area contributed by atoms with Crippen molar-refractivity contribution in [1.82, 2.24) is 24.8 Å². The highest BCUT2D eigenvalue weighted by Gasteiger charge is 2.51. The molecular formula is C53H69N7O6S3. The molecule has 2 saturated heterocycles. The molecule has 69 heavy (non-hydrogen) atoms. The van der Waals surface area contributed by atoms with E-state index < -0.39 is 35.2 Å². The predicted molar refractivity (Wildman–Crippen MR) is 279 cm³/mol. The summed E-state index contributed by atoms with van der Waals surface area (Å²) in [7, 11) is 3.24. The lowest BCUT2D eigenvalue weighted by Crippen LogP contribution is -2.57. The summed E-state index contributed by atoms with van der Waals surface area (Å²) in [5, 5.41) is 55.4. The van der Waals surface area contributed by atoms with Crippen molar-refractivity contribution < 1.29 is 29.9 Å². The zero-order valence-corrected chi connectivity index (χ0v) is 42.4. The summed E-state index contributed by atoms with van der Waals surface area (Å²) in [5.41, 5.74) is 15.6. The van der Waals surface area contributed by atoms with Crippen LogP contribution in [0.2, 0.25) is 0 Å². The summed E-state index contributed by atoms with van der Waals surface area (Å²) in [6, 6.07) is 21.5. The van der Waals surface area contributed by atoms with Gasteiger partial charge in [0.25, 0.3) is 0 Å². The van der Waals surface area contributed by atoms with Crippen LogP contribution in [0.4, 0.5) is 0 Å². The molecular weight excluding hydrogens is 927 g/mol. The molecule has 2 aliphatic heterocycles. The summed E-state index contributed by atoms with van der Waals surface area (Å²) in [4.78, 5) is 18.7. The van der Waals surface area contributed by atoms with Crippen LogP contribution in [0.3, 0.4) is 0 Å². The minimum Gasteiger partial charge on any atom is -0.497 e. The third-order valence-corrected chi connectivity index (χ3v) is 18.1. The molecule has 8 rings (SSSR count). The molecule has 370 valence electrons. The molecule has 13 nitrogen and oxygen atoms in total. The van der Waals surface area contributed by atoms with Crippen LogP contribution in [0.15, 0.2) is 99.9 Å². The van der Waals surface area contributed by atoms with Crippen LogP contribution in [-0.4, -0.2) is 122 Å². The number of benzene rings is 2. The van der Waals surface area contributed by atoms with Crippen molar-refractivity contribution in [2.45, 2.75) is 98.1 Å². The quantitative estimate of drug-likeness (QED) is 0.0338. The Labute approximate surface area is 419 Å². The van der Waals surface area contributed by atoms with Crippen molar-refractivity contribution in [3.05, 3.63) is 113 Å². The van der Waals surface area contributed by atoms with Gasteiger partial charge in [-0.25, -0.2) is 4.98 Å². The zero-order chi connectivity index (χ0) is 48.4. The van der Waals surface area contributed by atoms with E-state index >= 15 is 0 Å². The Morgan fingerprint density at radius 1 is 0.652 bits per heavy atom. The van der Waals surface area contributed by atoms with E-state index in [1.807, 2.05) is 72.6 Å². The van der Waals surface area contributed by atoms with Gasteiger partial charge in [-0.3, -0.25) is 9.97 Å². The number of aromatic nitrogens is 3. The summed E-state index contributed by atoms with van der Waals surface area (Å²) in [5.74, 6) is 3.17. The number of rotatable bonds is 23. The van der Waals surface area contributed by atoms with E-state index in [1.165, 1.54) is 4.21 Å². The number of methoxy groups -OCH3 is 2. The molecule has 0 saturated carbocycles. The topological polar surface area (TPSA) is 197 Å². The summed E-state index contributed by atoms with van der Waals surface area (Å²) >= 11 is 5.36. The number of hydrogen-bond donors (Lipinski definition) is 6. The molecule has 0 spiro atoms. The minimum atomic E-state index is -1.10. The van der Waals surface area contributed by atoms with Gasteiger partial charge in [0.2, 0.25) is 0 Å². The molecule has 2 aromatic carbocycles. The number of aliphatic hydroxyl groups excluding tert-OH is 4. The van der Waals surface area contributed by atoms with Gasteiger partial charge >= 0.3 is 0 Å². The van der Waals surface area contributed by atoms with Crippen molar-refractivity contribution in [1.29, 1.82) is 0 Å². The second-order valence-corrected chi connectivity index (χ2v) is 22.2. The molecule has 16 heteroatoms. The van der Waals surface area contributed by atoms with Crippen LogP contribution >= 0.6 is 34.9 Å². The zero-order valence-electron chi connectivity index (χ0n) is 39.9. The molecule has 2 unspecified atom stereocenters. The molecule has 2 aliphatic rings. The van der Waals surface area contributed by atoms with Gasteiger partial charge in [-0.2, -0.15) is 0 Å². The molecule has 0 aliphatic carbocycles. The SMILES string of the molecule is COc1ccc2ncc(CN)c([C@@H](O)CCC3(C(O)C(O)C4(CC[C@H](O)c5c(CN)cnc6ccc(OC)cc56)CCN(CCSc5cccs5)CC4)CCN(CCSc4ccccn4)CC3)c2c1. The van der Waals surface area contributed by atoms with Crippen molar-refractivity contribution in [3.8, 4) is 11.5 Å². The van der Waals surface area contributed by atoms with Crippen molar-refractivity contribution in [2.75, 3.05) is 65.0 Å². The van der Waals surface area contributed by atoms with Crippen molar-refractivity contribution in [2.24, 2.45) is 22.3 Å². The maximum absolute atomic E-state index is 13.1. The predicted octanol–water partition coefficient (Wildman–Crippen LogP) is 7.97. The highest BCUT2D eigenvalue weighted by Crippen LogP contribution is 2.50. The van der Waals surface area contributed by atoms with Crippen LogP contribution < -0.4 is 20.9 Å². The maximum atomic E-state index is 13.1. The molecule has 2 fully saturated rings. The first-order valence-corrected chi connectivity index (χ1v) is 27.1. The van der Waals surface area contributed by atoms with Gasteiger partial charge < -0.3 is 51.2 Å². The Balaban J connectivity index is 1.07. The molecule has 4 aromatic heterocycles. The molecule has 4 atom stereocenters. The largest absolute Gasteiger partial charge is 0.497 e. The van der Waals surface area contributed by atoms with E-state index in [1.54, 1.807) is 49.7 Å². The smallest absolute Gasteiger partial charge is 0.119 e. The van der Waals surface area contributed by atoms with Gasteiger partial charge in [0.05, 0.1) is 58.9 Å². The number of fused-ring (bicyclic) bond motifs is 2. The first kappa shape index (κ1) is 51.4. The number of likely N-dealkylation sites (tertiary alicyclic amines) is 2. The monoisotopic (exact) mass is 995 g/mol. The first-order chi connectivity index (χ1) is 33.6. The number of nitrogens with zero attached hydrogens (tertiary/aromatic N) is 5. The summed E-state index contributed by atoms with van der Waals surface area (Å²) < 4.78 is 12.5. The lowest BCUT2D eigenvalue weighted by molar-refractivity contribution is -0.155. The van der Waals surface area contributed by atoms with E-state index in [0.717, 1.165) is 99.9 Å². The molecule has 0 radical (unpaired) electrons. The second-order valence-electron chi connectivity index (χ2n) is 18.8. The van der Waals surface area contributed by atoms with Gasteiger partial charge in [-0.15, -0.1) is 34.9 Å². The molecule has 0 amide bonds. The van der Waals surface area contributed by atoms with E-state index in [-0.39, 0.29) is 13.1 Å². The van der Waals surface area contributed by atoms with Crippen molar-refractivity contribution >= 4 is 56.7 Å². The first-order valence-electron chi connectivity index (χ1n) is 24.3. The fourth-order valence-corrected chi connectivity index (χ4v) is 13.5. The fraction of sp³-hybridized carbons (Fsp3) is 0.491. The second kappa shape index (κ2) is 24.0. The number of aliphatic hydroxyl groups is 4. The number of ether oxygens (including phenoxy) is 2. The number of pyridine rings is 3. The highest BCUT2D eigenvalue weighted by atomic mass is 32.2. The lowest BCUT2D eigenvalue weighted by Gasteiger charge is -2.52. The standard InChI is InChI=1S/C53H69N7O6S3/c1-65-38-8-10-42-40(30-38)48(36(32-54)34-57-42)44(61)12-14-52(16-21-59(22-17-52)25-28-67-46-6-3-4-20-56-46)50(63)51(64)53(18-23-60(24-19-53)26-29-69-47-7-5-27-68-47)15-13-45(62)49-37(33-55)35-58-43-11-9-39(66-2)31-41(43)49/h3-11,20,27,30-31,34-35,44-45,50-51,61-64H,12-19,21-26,28-29,32-33,54-55H2,1-2H3/t44-,45-,50?,51?/m0/s1. The van der Waals surface area contributed by atoms with Gasteiger partial charge in [0.1, 0.15) is 11.5 Å². The average molecular weight is 996 g/mol. The highest BCUT2D eigenvalue weighted by molar-refractivity contribution is 8.01. The van der Waals surface area contributed by atoms with E-state index in [0.29, 0.717) is 62.9 Å². The van der Waals surface area contributed by atoms with E-state index in [9.17, 15) is 20.4 Å². The van der Waals surface area contributed by atoms with Crippen LogP contribution in [0.5, 0.6) is 11.5 Å². The molecule has 0 bridgehead atoms. The minimum absolute atomic E-state index is 0.207. The van der Waals surface area contributed by atoms with E-state index in [4.69, 9.17) is 20.9 Å². The number of thiophene rings is 1. The van der Waals surface area contributed by atoms with Gasteiger partial charge in [-0.05, 0) is 160 Å². The van der Waals surface area contributed by atoms with Gasteiger partial charge in [0, 0.05) is 77.9 Å². The van der Waals surface area contributed by atoms with Crippen LogP contribution in [0.25, 0.3) is 21.8 Å². The van der Waals surface area contributed by atoms with Crippen LogP contribution in [0, 0.1) is 10.8 Å². The number of nitrogens with two attached hydrogens (primary N) is 2. The fourth-order valence-electron chi connectivity index (χ4n) is 10.8. The van der Waals surface area contributed by atoms with E-state index in [2.05, 4.69) is 42.3 Å². The van der Waals surface area contributed by atoms with Crippen molar-refractivity contribution in [3.63, 3.8) is 0 Å². The summed E-state index contributed by atoms with van der Waals surface area (Å²) in [6.45, 7) is 5.22. The number of hydrogen-bond acceptors (Lipinski definition) is 16. The third-order valence-electron chi connectivity index (χ3n) is 15.0. The Bertz CT molecular complexity index is 2550. The third kappa shape index (κ3) is 12.1. The molecule has 6 heterocycles. The Morgan fingerprint density at radius 3 is 1.59 bits per heavy atom. The van der Waals surface area contributed by atoms with Crippen LogP contribution in [-0.2, 0) is 13.1 Å². The Morgan fingerprint density at radius 2 is 1.16 bits per heavy atom. The lowest BCUT2D eigenvalue weighted by atomic mass is 9.61. The summed E-state index contributed by atoms with van der Waals surface area (Å²) in [6.07, 6.45) is 5.63. The van der Waals surface area contributed by atoms with Gasteiger partial charge in [0.15, 0.2) is 0 Å². The maximum Gasteiger partial charge on any atom is 0.119 e. The Kier molecular flexibility index (Phi) is 17.9. The van der Waals surface area contributed by atoms with Crippen LogP contribution in [0.1, 0.15) is 85.8 Å². The molecule has 8 N–H and O–H groups in total.